The Morgan fingerprint density at radius 3 is 2.62 bits per heavy atom. The van der Waals surface area contributed by atoms with Gasteiger partial charge in [-0.1, -0.05) is 17.7 Å². The molecule has 2 nitrogen and oxygen atoms in total. The van der Waals surface area contributed by atoms with E-state index in [1.54, 1.807) is 12.1 Å². The van der Waals surface area contributed by atoms with Crippen LogP contribution in [0.2, 0.25) is 5.02 Å². The van der Waals surface area contributed by atoms with Crippen LogP contribution in [0.4, 0.5) is 20.3 Å². The van der Waals surface area contributed by atoms with E-state index in [9.17, 15) is 8.78 Å². The molecule has 0 aliphatic heterocycles. The van der Waals surface area contributed by atoms with E-state index in [4.69, 9.17) is 11.6 Å². The van der Waals surface area contributed by atoms with Crippen LogP contribution in [0.5, 0.6) is 0 Å². The van der Waals surface area contributed by atoms with Gasteiger partial charge in [0.2, 0.25) is 5.95 Å². The lowest BCUT2D eigenvalue weighted by Gasteiger charge is -2.05. The standard InChI is InChI=1S/C11H7ClF2N2/c12-8-5-4-7(6-9(8)13)15-11-3-1-2-10(14)16-11/h1-6H,(H,15,16). The fourth-order valence-electron chi connectivity index (χ4n) is 1.20. The zero-order valence-corrected chi connectivity index (χ0v) is 8.80. The first kappa shape index (κ1) is 10.8. The second-order valence-corrected chi connectivity index (χ2v) is 3.51. The quantitative estimate of drug-likeness (QED) is 0.809. The molecule has 1 aromatic heterocycles. The number of hydrogen-bond donors (Lipinski definition) is 1. The minimum Gasteiger partial charge on any atom is -0.340 e. The Balaban J connectivity index is 2.24. The zero-order chi connectivity index (χ0) is 11.5. The van der Waals surface area contributed by atoms with Crippen molar-refractivity contribution in [3.05, 3.63) is 53.2 Å². The first-order valence-corrected chi connectivity index (χ1v) is 4.87. The number of benzene rings is 1. The molecule has 0 aliphatic carbocycles. The average Bonchev–Trinajstić information content (AvgIpc) is 2.24. The number of rotatable bonds is 2. The normalized spacial score (nSPS) is 10.2. The minimum absolute atomic E-state index is 0.0396. The van der Waals surface area contributed by atoms with Crippen LogP contribution in [0.15, 0.2) is 36.4 Å². The highest BCUT2D eigenvalue weighted by Crippen LogP contribution is 2.21. The van der Waals surface area contributed by atoms with Gasteiger partial charge in [-0.2, -0.15) is 4.39 Å². The molecular weight excluding hydrogens is 234 g/mol. The lowest BCUT2D eigenvalue weighted by molar-refractivity contribution is 0.585. The molecule has 0 atom stereocenters. The van der Waals surface area contributed by atoms with Crippen molar-refractivity contribution in [2.75, 3.05) is 5.32 Å². The molecule has 0 fully saturated rings. The number of hydrogen-bond acceptors (Lipinski definition) is 2. The van der Waals surface area contributed by atoms with Gasteiger partial charge in [0.15, 0.2) is 0 Å². The number of halogens is 3. The molecule has 1 N–H and O–H groups in total. The Hall–Kier alpha value is -1.68. The molecule has 5 heteroatoms. The SMILES string of the molecule is Fc1cccc(Nc2ccc(Cl)c(F)c2)n1. The summed E-state index contributed by atoms with van der Waals surface area (Å²) in [5.74, 6) is -0.829. The van der Waals surface area contributed by atoms with Crippen molar-refractivity contribution in [3.8, 4) is 0 Å². The average molecular weight is 241 g/mol. The van der Waals surface area contributed by atoms with Crippen LogP contribution in [-0.4, -0.2) is 4.98 Å². The van der Waals surface area contributed by atoms with Crippen molar-refractivity contribution < 1.29 is 8.78 Å². The molecule has 0 spiro atoms. The lowest BCUT2D eigenvalue weighted by Crippen LogP contribution is -1.95. The molecule has 0 radical (unpaired) electrons. The van der Waals surface area contributed by atoms with E-state index in [1.807, 2.05) is 0 Å². The van der Waals surface area contributed by atoms with Gasteiger partial charge in [-0.05, 0) is 30.3 Å². The summed E-state index contributed by atoms with van der Waals surface area (Å²) in [6.07, 6.45) is 0. The Kier molecular flexibility index (Phi) is 3.01. The van der Waals surface area contributed by atoms with Crippen LogP contribution in [0, 0.1) is 11.8 Å². The molecule has 0 saturated heterocycles. The predicted molar refractivity (Wildman–Crippen MR) is 58.9 cm³/mol. The van der Waals surface area contributed by atoms with Crippen molar-refractivity contribution >= 4 is 23.1 Å². The van der Waals surface area contributed by atoms with Crippen LogP contribution in [0.3, 0.4) is 0 Å². The Morgan fingerprint density at radius 1 is 1.12 bits per heavy atom. The van der Waals surface area contributed by atoms with Crippen LogP contribution < -0.4 is 5.32 Å². The van der Waals surface area contributed by atoms with E-state index in [1.165, 1.54) is 24.3 Å². The van der Waals surface area contributed by atoms with Gasteiger partial charge >= 0.3 is 0 Å². The van der Waals surface area contributed by atoms with Crippen molar-refractivity contribution in [1.29, 1.82) is 0 Å². The molecule has 1 aromatic carbocycles. The lowest BCUT2D eigenvalue weighted by atomic mass is 10.3. The summed E-state index contributed by atoms with van der Waals surface area (Å²) in [4.78, 5) is 3.59. The Morgan fingerprint density at radius 2 is 1.94 bits per heavy atom. The van der Waals surface area contributed by atoms with Crippen LogP contribution >= 0.6 is 11.6 Å². The zero-order valence-electron chi connectivity index (χ0n) is 8.05. The van der Waals surface area contributed by atoms with E-state index >= 15 is 0 Å². The van der Waals surface area contributed by atoms with Gasteiger partial charge < -0.3 is 5.32 Å². The maximum Gasteiger partial charge on any atom is 0.214 e. The fraction of sp³-hybridized carbons (Fsp3) is 0. The molecule has 82 valence electrons. The largest absolute Gasteiger partial charge is 0.340 e. The van der Waals surface area contributed by atoms with Gasteiger partial charge in [-0.15, -0.1) is 0 Å². The summed E-state index contributed by atoms with van der Waals surface area (Å²) in [5, 5.41) is 2.80. The summed E-state index contributed by atoms with van der Waals surface area (Å²) in [5.41, 5.74) is 0.458. The van der Waals surface area contributed by atoms with Crippen molar-refractivity contribution in [3.63, 3.8) is 0 Å². The van der Waals surface area contributed by atoms with E-state index < -0.39 is 11.8 Å². The molecule has 0 bridgehead atoms. The summed E-state index contributed by atoms with van der Waals surface area (Å²) in [6, 6.07) is 8.53. The third-order valence-electron chi connectivity index (χ3n) is 1.91. The third kappa shape index (κ3) is 2.46. The number of anilines is 2. The second-order valence-electron chi connectivity index (χ2n) is 3.10. The molecular formula is C11H7ClF2N2. The number of aromatic nitrogens is 1. The van der Waals surface area contributed by atoms with Gasteiger partial charge in [-0.25, -0.2) is 9.37 Å². The van der Waals surface area contributed by atoms with Crippen LogP contribution in [-0.2, 0) is 0 Å². The monoisotopic (exact) mass is 240 g/mol. The molecule has 0 saturated carbocycles. The minimum atomic E-state index is -0.598. The Bertz CT molecular complexity index is 517. The highest BCUT2D eigenvalue weighted by Gasteiger charge is 2.02. The molecule has 16 heavy (non-hydrogen) atoms. The summed E-state index contributed by atoms with van der Waals surface area (Å²) < 4.78 is 25.9. The summed E-state index contributed by atoms with van der Waals surface area (Å²) >= 11 is 5.53. The van der Waals surface area contributed by atoms with Gasteiger partial charge in [0.05, 0.1) is 5.02 Å². The summed E-state index contributed by atoms with van der Waals surface area (Å²) in [6.45, 7) is 0. The van der Waals surface area contributed by atoms with Crippen molar-refractivity contribution in [1.82, 2.24) is 4.98 Å². The Labute approximate surface area is 95.9 Å². The number of pyridine rings is 1. The van der Waals surface area contributed by atoms with Gasteiger partial charge in [0.1, 0.15) is 11.6 Å². The van der Waals surface area contributed by atoms with E-state index in [-0.39, 0.29) is 5.02 Å². The van der Waals surface area contributed by atoms with Crippen LogP contribution in [0.25, 0.3) is 0 Å². The molecule has 0 aliphatic rings. The molecule has 2 aromatic rings. The molecule has 0 amide bonds. The third-order valence-corrected chi connectivity index (χ3v) is 2.21. The number of nitrogens with one attached hydrogen (secondary N) is 1. The molecule has 1 heterocycles. The van der Waals surface area contributed by atoms with Crippen LogP contribution in [0.1, 0.15) is 0 Å². The maximum atomic E-state index is 13.1. The smallest absolute Gasteiger partial charge is 0.214 e. The first-order chi connectivity index (χ1) is 7.65. The number of nitrogens with zero attached hydrogens (tertiary/aromatic N) is 1. The van der Waals surface area contributed by atoms with Gasteiger partial charge in [-0.3, -0.25) is 0 Å². The van der Waals surface area contributed by atoms with Crippen molar-refractivity contribution in [2.45, 2.75) is 0 Å². The predicted octanol–water partition coefficient (Wildman–Crippen LogP) is 3.76. The maximum absolute atomic E-state index is 13.1. The highest BCUT2D eigenvalue weighted by atomic mass is 35.5. The topological polar surface area (TPSA) is 24.9 Å². The fourth-order valence-corrected chi connectivity index (χ4v) is 1.32. The summed E-state index contributed by atoms with van der Waals surface area (Å²) in [7, 11) is 0. The van der Waals surface area contributed by atoms with Gasteiger partial charge in [0, 0.05) is 5.69 Å². The van der Waals surface area contributed by atoms with Gasteiger partial charge in [0.25, 0.3) is 0 Å². The molecule has 2 rings (SSSR count). The van der Waals surface area contributed by atoms with Crippen molar-refractivity contribution in [2.24, 2.45) is 0 Å². The first-order valence-electron chi connectivity index (χ1n) is 4.50. The molecule has 0 unspecified atom stereocenters. The second kappa shape index (κ2) is 4.45. The van der Waals surface area contributed by atoms with E-state index in [0.717, 1.165) is 0 Å². The van der Waals surface area contributed by atoms with E-state index in [0.29, 0.717) is 11.5 Å². The highest BCUT2D eigenvalue weighted by molar-refractivity contribution is 6.30. The van der Waals surface area contributed by atoms with E-state index in [2.05, 4.69) is 10.3 Å².